The molecule has 6 heterocycles. The van der Waals surface area contributed by atoms with Gasteiger partial charge < -0.3 is 20.7 Å². The molecule has 0 aromatic carbocycles. The van der Waals surface area contributed by atoms with Crippen molar-refractivity contribution in [3.05, 3.63) is 48.4 Å². The number of carbonyl (C=O) groups excluding carboxylic acids is 1. The number of anilines is 1. The van der Waals surface area contributed by atoms with Crippen LogP contribution in [0.15, 0.2) is 36.9 Å². The second-order valence-electron chi connectivity index (χ2n) is 8.87. The quantitative estimate of drug-likeness (QED) is 0.422. The first kappa shape index (κ1) is 20.7. The summed E-state index contributed by atoms with van der Waals surface area (Å²) in [5, 5.41) is 13.6. The summed E-state index contributed by atoms with van der Waals surface area (Å²) in [6.45, 7) is -0.505. The number of nitrogens with zero attached hydrogens (tertiary/aromatic N) is 6. The SMILES string of the molecule is Nc1c(F)c(C2C[C@H]3CC[C@@H](C2)N3C(=O)CO)nc2c(-c3ccc(-c4ncc[nH]4)nc3)cnn12. The number of hydrogen-bond donors (Lipinski definition) is 3. The number of imidazole rings is 1. The molecule has 6 rings (SSSR count). The van der Waals surface area contributed by atoms with E-state index < -0.39 is 12.4 Å². The second kappa shape index (κ2) is 7.87. The van der Waals surface area contributed by atoms with E-state index in [1.54, 1.807) is 29.7 Å². The number of hydrogen-bond acceptors (Lipinski definition) is 7. The number of piperidine rings is 1. The Morgan fingerprint density at radius 1 is 1.21 bits per heavy atom. The molecule has 2 bridgehead atoms. The minimum atomic E-state index is -0.570. The van der Waals surface area contributed by atoms with E-state index in [4.69, 9.17) is 10.7 Å². The van der Waals surface area contributed by atoms with E-state index in [0.717, 1.165) is 18.4 Å². The molecule has 10 nitrogen and oxygen atoms in total. The molecule has 3 atom stereocenters. The lowest BCUT2D eigenvalue weighted by Gasteiger charge is -2.38. The first-order chi connectivity index (χ1) is 16.5. The summed E-state index contributed by atoms with van der Waals surface area (Å²) in [5.74, 6) is -0.432. The molecule has 34 heavy (non-hydrogen) atoms. The Balaban J connectivity index is 1.37. The number of pyridine rings is 1. The highest BCUT2D eigenvalue weighted by molar-refractivity contribution is 5.79. The van der Waals surface area contributed by atoms with Crippen molar-refractivity contribution >= 4 is 17.4 Å². The van der Waals surface area contributed by atoms with Crippen LogP contribution in [0.2, 0.25) is 0 Å². The monoisotopic (exact) mass is 462 g/mol. The molecule has 0 radical (unpaired) electrons. The molecule has 174 valence electrons. The van der Waals surface area contributed by atoms with E-state index >= 15 is 4.39 Å². The molecule has 2 aliphatic heterocycles. The Hall–Kier alpha value is -3.86. The van der Waals surface area contributed by atoms with Crippen LogP contribution >= 0.6 is 0 Å². The zero-order chi connectivity index (χ0) is 23.4. The third kappa shape index (κ3) is 3.15. The van der Waals surface area contributed by atoms with Gasteiger partial charge in [0.05, 0.1) is 11.9 Å². The summed E-state index contributed by atoms with van der Waals surface area (Å²) in [6.07, 6.45) is 9.57. The van der Waals surface area contributed by atoms with Gasteiger partial charge in [0.25, 0.3) is 0 Å². The maximum atomic E-state index is 15.3. The van der Waals surface area contributed by atoms with Crippen LogP contribution in [0.1, 0.15) is 37.3 Å². The predicted molar refractivity (Wildman–Crippen MR) is 121 cm³/mol. The minimum Gasteiger partial charge on any atom is -0.387 e. The third-order valence-corrected chi connectivity index (χ3v) is 7.01. The molecule has 2 aliphatic rings. The van der Waals surface area contributed by atoms with Crippen LogP contribution in [0.3, 0.4) is 0 Å². The van der Waals surface area contributed by atoms with E-state index in [1.165, 1.54) is 4.52 Å². The van der Waals surface area contributed by atoms with E-state index in [2.05, 4.69) is 20.1 Å². The van der Waals surface area contributed by atoms with Gasteiger partial charge in [0.2, 0.25) is 5.91 Å². The Kier molecular flexibility index (Phi) is 4.80. The van der Waals surface area contributed by atoms with Gasteiger partial charge in [-0.05, 0) is 31.7 Å². The van der Waals surface area contributed by atoms with Gasteiger partial charge in [-0.25, -0.2) is 14.4 Å². The van der Waals surface area contributed by atoms with Gasteiger partial charge in [0.1, 0.15) is 12.3 Å². The standard InChI is InChI=1S/C23H23FN8O2/c24-19-20(13-7-14-2-3-15(8-13)31(14)18(34)11-33)30-23-16(10-29-32(23)21(19)25)12-1-4-17(28-9-12)22-26-5-6-27-22/h1,4-6,9-10,13-15,33H,2-3,7-8,11,25H2,(H,26,27)/t13?,14-,15+. The smallest absolute Gasteiger partial charge is 0.248 e. The van der Waals surface area contributed by atoms with Gasteiger partial charge in [-0.15, -0.1) is 0 Å². The van der Waals surface area contributed by atoms with Crippen LogP contribution in [0.5, 0.6) is 0 Å². The summed E-state index contributed by atoms with van der Waals surface area (Å²) >= 11 is 0. The highest BCUT2D eigenvalue weighted by Gasteiger charge is 2.44. The molecule has 4 aromatic heterocycles. The molecular weight excluding hydrogens is 439 g/mol. The molecule has 11 heteroatoms. The van der Waals surface area contributed by atoms with E-state index in [0.29, 0.717) is 41.3 Å². The number of rotatable bonds is 4. The van der Waals surface area contributed by atoms with Crippen LogP contribution < -0.4 is 5.73 Å². The van der Waals surface area contributed by atoms with Crippen LogP contribution in [0, 0.1) is 5.82 Å². The number of carbonyl (C=O) groups is 1. The number of nitrogens with one attached hydrogen (secondary N) is 1. The number of nitrogens with two attached hydrogens (primary N) is 1. The number of nitrogen functional groups attached to an aromatic ring is 1. The average molecular weight is 462 g/mol. The number of aliphatic hydroxyl groups excluding tert-OH is 1. The van der Waals surface area contributed by atoms with E-state index in [1.807, 2.05) is 12.1 Å². The van der Waals surface area contributed by atoms with Gasteiger partial charge in [0, 0.05) is 47.7 Å². The van der Waals surface area contributed by atoms with Gasteiger partial charge in [-0.2, -0.15) is 9.61 Å². The Labute approximate surface area is 193 Å². The topological polar surface area (TPSA) is 138 Å². The lowest BCUT2D eigenvalue weighted by Crippen LogP contribution is -2.47. The predicted octanol–water partition coefficient (Wildman–Crippen LogP) is 2.13. The Bertz CT molecular complexity index is 1350. The van der Waals surface area contributed by atoms with Gasteiger partial charge in [-0.1, -0.05) is 6.07 Å². The Morgan fingerprint density at radius 3 is 2.65 bits per heavy atom. The number of aromatic nitrogens is 6. The normalized spacial score (nSPS) is 21.9. The van der Waals surface area contributed by atoms with Crippen molar-refractivity contribution in [3.8, 4) is 22.6 Å². The van der Waals surface area contributed by atoms with Gasteiger partial charge in [0.15, 0.2) is 23.1 Å². The average Bonchev–Trinajstić information content (AvgIpc) is 3.59. The number of amides is 1. The molecule has 0 saturated carbocycles. The zero-order valence-corrected chi connectivity index (χ0v) is 18.2. The number of aliphatic hydroxyl groups is 1. The lowest BCUT2D eigenvalue weighted by atomic mass is 9.87. The fourth-order valence-electron chi connectivity index (χ4n) is 5.48. The van der Waals surface area contributed by atoms with E-state index in [9.17, 15) is 9.90 Å². The first-order valence-electron chi connectivity index (χ1n) is 11.3. The molecule has 0 aliphatic carbocycles. The second-order valence-corrected chi connectivity index (χ2v) is 8.87. The fourth-order valence-corrected chi connectivity index (χ4v) is 5.48. The number of halogens is 1. The zero-order valence-electron chi connectivity index (χ0n) is 18.2. The number of fused-ring (bicyclic) bond motifs is 3. The largest absolute Gasteiger partial charge is 0.387 e. The maximum absolute atomic E-state index is 15.3. The van der Waals surface area contributed by atoms with Crippen molar-refractivity contribution in [1.82, 2.24) is 34.4 Å². The van der Waals surface area contributed by atoms with E-state index in [-0.39, 0.29) is 29.7 Å². The van der Waals surface area contributed by atoms with Crippen molar-refractivity contribution in [1.29, 1.82) is 0 Å². The Morgan fingerprint density at radius 2 is 2.00 bits per heavy atom. The highest BCUT2D eigenvalue weighted by Crippen LogP contribution is 2.44. The van der Waals surface area contributed by atoms with Crippen LogP contribution in [0.25, 0.3) is 28.3 Å². The highest BCUT2D eigenvalue weighted by atomic mass is 19.1. The van der Waals surface area contributed by atoms with Crippen LogP contribution in [-0.2, 0) is 4.79 Å². The van der Waals surface area contributed by atoms with Crippen molar-refractivity contribution in [2.45, 2.75) is 43.7 Å². The third-order valence-electron chi connectivity index (χ3n) is 7.01. The van der Waals surface area contributed by atoms with Crippen molar-refractivity contribution in [2.75, 3.05) is 12.3 Å². The summed E-state index contributed by atoms with van der Waals surface area (Å²) < 4.78 is 16.7. The fraction of sp³-hybridized carbons (Fsp3) is 0.348. The summed E-state index contributed by atoms with van der Waals surface area (Å²) in [4.78, 5) is 30.4. The number of aromatic amines is 1. The van der Waals surface area contributed by atoms with Gasteiger partial charge in [-0.3, -0.25) is 9.78 Å². The summed E-state index contributed by atoms with van der Waals surface area (Å²) in [6, 6.07) is 3.69. The molecule has 1 unspecified atom stereocenters. The maximum Gasteiger partial charge on any atom is 0.248 e. The van der Waals surface area contributed by atoms with Crippen molar-refractivity contribution in [3.63, 3.8) is 0 Å². The summed E-state index contributed by atoms with van der Waals surface area (Å²) in [5.41, 5.74) is 9.08. The van der Waals surface area contributed by atoms with Crippen LogP contribution in [0.4, 0.5) is 10.2 Å². The van der Waals surface area contributed by atoms with Crippen molar-refractivity contribution in [2.24, 2.45) is 0 Å². The molecule has 2 fully saturated rings. The molecule has 0 spiro atoms. The molecule has 2 saturated heterocycles. The first-order valence-corrected chi connectivity index (χ1v) is 11.3. The van der Waals surface area contributed by atoms with Crippen molar-refractivity contribution < 1.29 is 14.3 Å². The minimum absolute atomic E-state index is 0.0234. The molecule has 4 aromatic rings. The number of H-pyrrole nitrogens is 1. The van der Waals surface area contributed by atoms with Crippen LogP contribution in [-0.4, -0.2) is 64.2 Å². The van der Waals surface area contributed by atoms with Gasteiger partial charge >= 0.3 is 0 Å². The molecular formula is C23H23FN8O2. The molecule has 4 N–H and O–H groups in total. The molecule has 1 amide bonds. The lowest BCUT2D eigenvalue weighted by molar-refractivity contribution is -0.138. The summed E-state index contributed by atoms with van der Waals surface area (Å²) in [7, 11) is 0.